The molecule has 2 fully saturated rings. The Labute approximate surface area is 223 Å². The third-order valence-electron chi connectivity index (χ3n) is 7.52. The number of aromatic nitrogens is 2. The SMILES string of the molecule is CC.N=Cc1cc2c(cc1N)c(-c1ccc(N3CCCC3)nc1)c(C1CCOCC1)n2-c1ccc(F)cc1. The van der Waals surface area contributed by atoms with Crippen LogP contribution in [0.25, 0.3) is 27.7 Å². The van der Waals surface area contributed by atoms with Gasteiger partial charge in [0.05, 0.1) is 5.52 Å². The van der Waals surface area contributed by atoms with Crippen molar-refractivity contribution in [2.45, 2.75) is 45.4 Å². The standard InChI is InChI=1S/C29H30FN5O.C2H6/c30-22-4-6-23(7-5-22)35-26-15-21(17-31)25(32)16-24(26)28(29(35)19-9-13-36-14-10-19)20-3-8-27(33-18-20)34-11-1-2-12-34;1-2/h3-8,15-19,31H,1-2,9-14,32H2;1-2H3. The van der Waals surface area contributed by atoms with E-state index in [0.717, 1.165) is 65.2 Å². The van der Waals surface area contributed by atoms with E-state index in [4.69, 9.17) is 20.9 Å². The van der Waals surface area contributed by atoms with E-state index < -0.39 is 0 Å². The molecule has 4 aromatic rings. The predicted octanol–water partition coefficient (Wildman–Crippen LogP) is 6.93. The Kier molecular flexibility index (Phi) is 7.74. The molecule has 0 radical (unpaired) electrons. The van der Waals surface area contributed by atoms with Crippen LogP contribution in [0.3, 0.4) is 0 Å². The maximum atomic E-state index is 13.9. The molecule has 2 aromatic heterocycles. The largest absolute Gasteiger partial charge is 0.398 e. The summed E-state index contributed by atoms with van der Waals surface area (Å²) in [7, 11) is 0. The molecule has 0 bridgehead atoms. The van der Waals surface area contributed by atoms with Crippen molar-refractivity contribution in [2.24, 2.45) is 0 Å². The van der Waals surface area contributed by atoms with Crippen LogP contribution in [0.1, 0.15) is 56.7 Å². The van der Waals surface area contributed by atoms with Crippen LogP contribution in [0, 0.1) is 11.2 Å². The molecular formula is C31H36FN5O. The molecule has 0 saturated carbocycles. The second-order valence-corrected chi connectivity index (χ2v) is 9.70. The number of nitrogens with two attached hydrogens (primary N) is 1. The van der Waals surface area contributed by atoms with Gasteiger partial charge in [-0.2, -0.15) is 0 Å². The molecule has 0 spiro atoms. The Balaban J connectivity index is 0.00000144. The first kappa shape index (κ1) is 25.9. The molecule has 38 heavy (non-hydrogen) atoms. The van der Waals surface area contributed by atoms with Crippen molar-refractivity contribution in [3.05, 3.63) is 71.8 Å². The number of ether oxygens (including phenoxy) is 1. The summed E-state index contributed by atoms with van der Waals surface area (Å²) in [5, 5.41) is 8.91. The summed E-state index contributed by atoms with van der Waals surface area (Å²) in [6, 6.07) is 14.8. The number of pyridine rings is 1. The topological polar surface area (TPSA) is 80.2 Å². The predicted molar refractivity (Wildman–Crippen MR) is 154 cm³/mol. The number of halogens is 1. The number of anilines is 2. The lowest BCUT2D eigenvalue weighted by molar-refractivity contribution is 0.0843. The third kappa shape index (κ3) is 4.78. The molecule has 6 nitrogen and oxygen atoms in total. The first-order valence-electron chi connectivity index (χ1n) is 13.7. The number of nitrogens with zero attached hydrogens (tertiary/aromatic N) is 3. The first-order chi connectivity index (χ1) is 18.6. The van der Waals surface area contributed by atoms with Gasteiger partial charge in [0.1, 0.15) is 11.6 Å². The Morgan fingerprint density at radius 2 is 1.74 bits per heavy atom. The van der Waals surface area contributed by atoms with Gasteiger partial charge in [0.25, 0.3) is 0 Å². The number of fused-ring (bicyclic) bond motifs is 1. The zero-order valence-corrected chi connectivity index (χ0v) is 22.2. The summed E-state index contributed by atoms with van der Waals surface area (Å²) >= 11 is 0. The number of hydrogen-bond donors (Lipinski definition) is 2. The summed E-state index contributed by atoms with van der Waals surface area (Å²) in [5.74, 6) is 1.00. The highest BCUT2D eigenvalue weighted by Gasteiger charge is 2.28. The van der Waals surface area contributed by atoms with Gasteiger partial charge in [0.2, 0.25) is 0 Å². The van der Waals surface area contributed by atoms with E-state index in [1.165, 1.54) is 31.2 Å². The highest BCUT2D eigenvalue weighted by Crippen LogP contribution is 2.44. The van der Waals surface area contributed by atoms with Crippen molar-refractivity contribution < 1.29 is 9.13 Å². The van der Waals surface area contributed by atoms with Gasteiger partial charge in [0.15, 0.2) is 0 Å². The van der Waals surface area contributed by atoms with Crippen LogP contribution in [0.15, 0.2) is 54.7 Å². The second kappa shape index (κ2) is 11.4. The van der Waals surface area contributed by atoms with Crippen LogP contribution >= 0.6 is 0 Å². The van der Waals surface area contributed by atoms with Crippen LogP contribution in [0.4, 0.5) is 15.9 Å². The summed E-state index contributed by atoms with van der Waals surface area (Å²) in [6.07, 6.45) is 7.47. The fraction of sp³-hybridized carbons (Fsp3) is 0.355. The van der Waals surface area contributed by atoms with E-state index in [9.17, 15) is 4.39 Å². The third-order valence-corrected chi connectivity index (χ3v) is 7.52. The Hall–Kier alpha value is -3.71. The van der Waals surface area contributed by atoms with E-state index in [1.54, 1.807) is 0 Å². The smallest absolute Gasteiger partial charge is 0.128 e. The molecule has 6 rings (SSSR count). The van der Waals surface area contributed by atoms with Crippen molar-refractivity contribution in [3.8, 4) is 16.8 Å². The average molecular weight is 514 g/mol. The second-order valence-electron chi connectivity index (χ2n) is 9.70. The monoisotopic (exact) mass is 513 g/mol. The van der Waals surface area contributed by atoms with E-state index in [2.05, 4.69) is 21.6 Å². The molecule has 2 saturated heterocycles. The molecule has 198 valence electrons. The molecule has 0 aliphatic carbocycles. The summed E-state index contributed by atoms with van der Waals surface area (Å²) < 4.78 is 21.8. The van der Waals surface area contributed by atoms with E-state index in [0.29, 0.717) is 24.5 Å². The number of benzene rings is 2. The minimum atomic E-state index is -0.269. The van der Waals surface area contributed by atoms with Gasteiger partial charge in [0, 0.05) is 83.8 Å². The van der Waals surface area contributed by atoms with Gasteiger partial charge < -0.3 is 25.3 Å². The maximum absolute atomic E-state index is 13.9. The number of nitrogen functional groups attached to an aromatic ring is 1. The zero-order chi connectivity index (χ0) is 26.6. The lowest BCUT2D eigenvalue weighted by atomic mass is 9.90. The van der Waals surface area contributed by atoms with E-state index in [-0.39, 0.29) is 11.7 Å². The van der Waals surface area contributed by atoms with Gasteiger partial charge >= 0.3 is 0 Å². The van der Waals surface area contributed by atoms with Crippen molar-refractivity contribution >= 4 is 28.6 Å². The number of rotatable bonds is 5. The summed E-state index contributed by atoms with van der Waals surface area (Å²) in [6.45, 7) is 7.50. The zero-order valence-electron chi connectivity index (χ0n) is 22.2. The van der Waals surface area contributed by atoms with Gasteiger partial charge in [-0.05, 0) is 74.2 Å². The molecule has 4 heterocycles. The van der Waals surface area contributed by atoms with E-state index >= 15 is 0 Å². The molecule has 0 atom stereocenters. The van der Waals surface area contributed by atoms with Crippen molar-refractivity contribution in [1.29, 1.82) is 5.41 Å². The van der Waals surface area contributed by atoms with Crippen molar-refractivity contribution in [2.75, 3.05) is 36.9 Å². The molecule has 2 aliphatic rings. The van der Waals surface area contributed by atoms with Gasteiger partial charge in [-0.1, -0.05) is 13.8 Å². The molecule has 0 amide bonds. The molecule has 2 aromatic carbocycles. The molecule has 0 unspecified atom stereocenters. The van der Waals surface area contributed by atoms with E-state index in [1.807, 2.05) is 44.3 Å². The number of nitrogens with one attached hydrogen (secondary N) is 1. The normalized spacial score (nSPS) is 15.9. The molecule has 7 heteroatoms. The van der Waals surface area contributed by atoms with Crippen LogP contribution in [-0.2, 0) is 4.74 Å². The minimum absolute atomic E-state index is 0.258. The highest BCUT2D eigenvalue weighted by atomic mass is 19.1. The fourth-order valence-electron chi connectivity index (χ4n) is 5.71. The van der Waals surface area contributed by atoms with Crippen molar-refractivity contribution in [3.63, 3.8) is 0 Å². The van der Waals surface area contributed by atoms with Crippen LogP contribution in [0.5, 0.6) is 0 Å². The Morgan fingerprint density at radius 3 is 2.37 bits per heavy atom. The van der Waals surface area contributed by atoms with Gasteiger partial charge in [-0.15, -0.1) is 0 Å². The van der Waals surface area contributed by atoms with Gasteiger partial charge in [-0.3, -0.25) is 0 Å². The summed E-state index contributed by atoms with van der Waals surface area (Å²) in [5.41, 5.74) is 12.8. The Bertz CT molecular complexity index is 1400. The minimum Gasteiger partial charge on any atom is -0.398 e. The molecular weight excluding hydrogens is 477 g/mol. The van der Waals surface area contributed by atoms with Gasteiger partial charge in [-0.25, -0.2) is 9.37 Å². The fourth-order valence-corrected chi connectivity index (χ4v) is 5.71. The van der Waals surface area contributed by atoms with Crippen molar-refractivity contribution in [1.82, 2.24) is 9.55 Å². The average Bonchev–Trinajstić information content (AvgIpc) is 3.62. The quantitative estimate of drug-likeness (QED) is 0.224. The number of hydrogen-bond acceptors (Lipinski definition) is 5. The highest BCUT2D eigenvalue weighted by molar-refractivity contribution is 6.04. The molecule has 3 N–H and O–H groups in total. The first-order valence-corrected chi connectivity index (χ1v) is 13.7. The lowest BCUT2D eigenvalue weighted by Crippen LogP contribution is -2.19. The maximum Gasteiger partial charge on any atom is 0.128 e. The molecule has 2 aliphatic heterocycles. The van der Waals surface area contributed by atoms with Crippen LogP contribution in [-0.4, -0.2) is 42.1 Å². The van der Waals surface area contributed by atoms with Crippen LogP contribution < -0.4 is 10.6 Å². The van der Waals surface area contributed by atoms with Crippen LogP contribution in [0.2, 0.25) is 0 Å². The lowest BCUT2D eigenvalue weighted by Gasteiger charge is -2.26. The summed E-state index contributed by atoms with van der Waals surface area (Å²) in [4.78, 5) is 7.19. The Morgan fingerprint density at radius 1 is 1.03 bits per heavy atom.